The number of rotatable bonds is 3. The number of halogens is 1. The van der Waals surface area contributed by atoms with Crippen molar-refractivity contribution in [3.05, 3.63) is 59.7 Å². The standard InChI is InChI=1S/C24H23FN4OS/c1-14-10-15(2)12-17(11-14)28-24(30)16-6-8-29(9-7-16)23-22-21(26-13-27-23)20-18(25)4-3-5-19(20)31-22/h3-5,10-13,16H,6-9H2,1-2H3,(H,28,30). The lowest BCUT2D eigenvalue weighted by molar-refractivity contribution is -0.120. The van der Waals surface area contributed by atoms with Crippen LogP contribution < -0.4 is 10.2 Å². The highest BCUT2D eigenvalue weighted by molar-refractivity contribution is 7.26. The molecule has 5 nitrogen and oxygen atoms in total. The maximum Gasteiger partial charge on any atom is 0.227 e. The molecule has 5 rings (SSSR count). The number of anilines is 2. The van der Waals surface area contributed by atoms with Crippen molar-refractivity contribution in [3.8, 4) is 0 Å². The number of carbonyl (C=O) groups excluding carboxylic acids is 1. The fourth-order valence-corrected chi connectivity index (χ4v) is 5.62. The van der Waals surface area contributed by atoms with Crippen LogP contribution in [0, 0.1) is 25.6 Å². The summed E-state index contributed by atoms with van der Waals surface area (Å²) in [6, 6.07) is 11.2. The summed E-state index contributed by atoms with van der Waals surface area (Å²) in [5.74, 6) is 0.615. The molecule has 2 aromatic heterocycles. The van der Waals surface area contributed by atoms with E-state index in [4.69, 9.17) is 0 Å². The van der Waals surface area contributed by atoms with Crippen molar-refractivity contribution in [1.29, 1.82) is 0 Å². The second-order valence-corrected chi connectivity index (χ2v) is 9.27. The Balaban J connectivity index is 1.33. The van der Waals surface area contributed by atoms with Gasteiger partial charge >= 0.3 is 0 Å². The minimum absolute atomic E-state index is 0.0331. The van der Waals surface area contributed by atoms with Gasteiger partial charge in [-0.2, -0.15) is 0 Å². The molecule has 0 atom stereocenters. The Morgan fingerprint density at radius 2 is 1.87 bits per heavy atom. The van der Waals surface area contributed by atoms with E-state index in [1.165, 1.54) is 23.7 Å². The van der Waals surface area contributed by atoms with E-state index in [0.717, 1.165) is 58.0 Å². The van der Waals surface area contributed by atoms with Gasteiger partial charge in [0.15, 0.2) is 0 Å². The average molecular weight is 435 g/mol. The predicted molar refractivity (Wildman–Crippen MR) is 124 cm³/mol. The minimum Gasteiger partial charge on any atom is -0.355 e. The smallest absolute Gasteiger partial charge is 0.227 e. The van der Waals surface area contributed by atoms with Gasteiger partial charge in [0.2, 0.25) is 5.91 Å². The Kier molecular flexibility index (Phi) is 5.06. The molecule has 0 spiro atoms. The molecule has 31 heavy (non-hydrogen) atoms. The molecule has 1 amide bonds. The second kappa shape index (κ2) is 7.89. The number of thiophene rings is 1. The van der Waals surface area contributed by atoms with Crippen LogP contribution in [0.5, 0.6) is 0 Å². The van der Waals surface area contributed by atoms with Gasteiger partial charge in [0.05, 0.1) is 15.6 Å². The number of carbonyl (C=O) groups is 1. The molecule has 0 unspecified atom stereocenters. The van der Waals surface area contributed by atoms with Crippen molar-refractivity contribution in [2.75, 3.05) is 23.3 Å². The van der Waals surface area contributed by atoms with Crippen molar-refractivity contribution in [2.45, 2.75) is 26.7 Å². The van der Waals surface area contributed by atoms with E-state index in [2.05, 4.69) is 26.3 Å². The number of amides is 1. The third kappa shape index (κ3) is 3.74. The first kappa shape index (κ1) is 19.9. The molecular formula is C24H23FN4OS. The lowest BCUT2D eigenvalue weighted by Crippen LogP contribution is -2.38. The molecule has 0 bridgehead atoms. The number of benzene rings is 2. The van der Waals surface area contributed by atoms with E-state index in [1.54, 1.807) is 6.07 Å². The van der Waals surface area contributed by atoms with Gasteiger partial charge in [0, 0.05) is 29.4 Å². The molecule has 1 fully saturated rings. The first-order valence-electron chi connectivity index (χ1n) is 10.5. The fourth-order valence-electron chi connectivity index (χ4n) is 4.44. The number of hydrogen-bond donors (Lipinski definition) is 1. The number of aryl methyl sites for hydroxylation is 2. The van der Waals surface area contributed by atoms with E-state index in [-0.39, 0.29) is 17.6 Å². The monoisotopic (exact) mass is 434 g/mol. The lowest BCUT2D eigenvalue weighted by Gasteiger charge is -2.32. The number of nitrogens with zero attached hydrogens (tertiary/aromatic N) is 3. The summed E-state index contributed by atoms with van der Waals surface area (Å²) in [5.41, 5.74) is 3.79. The number of fused-ring (bicyclic) bond motifs is 3. The lowest BCUT2D eigenvalue weighted by atomic mass is 9.95. The molecule has 1 aliphatic heterocycles. The second-order valence-electron chi connectivity index (χ2n) is 8.22. The van der Waals surface area contributed by atoms with Crippen molar-refractivity contribution < 1.29 is 9.18 Å². The highest BCUT2D eigenvalue weighted by Gasteiger charge is 2.27. The molecule has 4 aromatic rings. The summed E-state index contributed by atoms with van der Waals surface area (Å²) in [6.07, 6.45) is 3.01. The van der Waals surface area contributed by atoms with Crippen molar-refractivity contribution in [2.24, 2.45) is 5.92 Å². The van der Waals surface area contributed by atoms with Gasteiger partial charge in [0.25, 0.3) is 0 Å². The molecule has 1 saturated heterocycles. The van der Waals surface area contributed by atoms with Gasteiger partial charge in [-0.05, 0) is 62.1 Å². The normalized spacial score (nSPS) is 15.0. The Labute approximate surface area is 183 Å². The zero-order chi connectivity index (χ0) is 21.5. The van der Waals surface area contributed by atoms with Crippen molar-refractivity contribution >= 4 is 49.1 Å². The Bertz CT molecular complexity index is 1270. The topological polar surface area (TPSA) is 58.1 Å². The maximum atomic E-state index is 14.4. The number of piperidine rings is 1. The highest BCUT2D eigenvalue weighted by Crippen LogP contribution is 2.39. The summed E-state index contributed by atoms with van der Waals surface area (Å²) in [6.45, 7) is 5.52. The van der Waals surface area contributed by atoms with E-state index in [1.807, 2.05) is 32.0 Å². The summed E-state index contributed by atoms with van der Waals surface area (Å²) in [5, 5.41) is 3.64. The molecule has 0 aliphatic carbocycles. The summed E-state index contributed by atoms with van der Waals surface area (Å²) in [4.78, 5) is 23.9. The van der Waals surface area contributed by atoms with Crippen molar-refractivity contribution in [3.63, 3.8) is 0 Å². The van der Waals surface area contributed by atoms with E-state index in [0.29, 0.717) is 10.9 Å². The van der Waals surface area contributed by atoms with Gasteiger partial charge in [-0.1, -0.05) is 12.1 Å². The molecule has 3 heterocycles. The SMILES string of the molecule is Cc1cc(C)cc(NC(=O)C2CCN(c3ncnc4c3sc3cccc(F)c34)CC2)c1. The fraction of sp³-hybridized carbons (Fsp3) is 0.292. The van der Waals surface area contributed by atoms with E-state index < -0.39 is 0 Å². The summed E-state index contributed by atoms with van der Waals surface area (Å²) in [7, 11) is 0. The molecule has 1 N–H and O–H groups in total. The first-order valence-corrected chi connectivity index (χ1v) is 11.3. The summed E-state index contributed by atoms with van der Waals surface area (Å²) >= 11 is 1.52. The zero-order valence-electron chi connectivity index (χ0n) is 17.5. The van der Waals surface area contributed by atoms with Crippen LogP contribution in [-0.4, -0.2) is 29.0 Å². The van der Waals surface area contributed by atoms with Gasteiger partial charge in [0.1, 0.15) is 18.0 Å². The number of hydrogen-bond acceptors (Lipinski definition) is 5. The Hall–Kier alpha value is -3.06. The summed E-state index contributed by atoms with van der Waals surface area (Å²) < 4.78 is 16.2. The minimum atomic E-state index is -0.254. The largest absolute Gasteiger partial charge is 0.355 e. The third-order valence-corrected chi connectivity index (χ3v) is 7.00. The first-order chi connectivity index (χ1) is 15.0. The quantitative estimate of drug-likeness (QED) is 0.465. The molecule has 0 radical (unpaired) electrons. The zero-order valence-corrected chi connectivity index (χ0v) is 18.3. The van der Waals surface area contributed by atoms with Crippen LogP contribution in [0.15, 0.2) is 42.7 Å². The molecule has 0 saturated carbocycles. The maximum absolute atomic E-state index is 14.4. The van der Waals surface area contributed by atoms with E-state index in [9.17, 15) is 9.18 Å². The van der Waals surface area contributed by atoms with Gasteiger partial charge in [-0.15, -0.1) is 11.3 Å². The van der Waals surface area contributed by atoms with Crippen LogP contribution >= 0.6 is 11.3 Å². The molecule has 7 heteroatoms. The van der Waals surface area contributed by atoms with Crippen molar-refractivity contribution in [1.82, 2.24) is 9.97 Å². The van der Waals surface area contributed by atoms with Crippen LogP contribution in [0.3, 0.4) is 0 Å². The van der Waals surface area contributed by atoms with E-state index >= 15 is 0 Å². The Morgan fingerprint density at radius 3 is 2.61 bits per heavy atom. The van der Waals surface area contributed by atoms with Gasteiger partial charge in [-0.25, -0.2) is 14.4 Å². The highest BCUT2D eigenvalue weighted by atomic mass is 32.1. The third-order valence-electron chi connectivity index (χ3n) is 5.86. The predicted octanol–water partition coefficient (Wildman–Crippen LogP) is 5.46. The molecule has 2 aromatic carbocycles. The van der Waals surface area contributed by atoms with Crippen LogP contribution in [0.2, 0.25) is 0 Å². The van der Waals surface area contributed by atoms with Gasteiger partial charge in [-0.3, -0.25) is 4.79 Å². The van der Waals surface area contributed by atoms with Crippen LogP contribution in [0.4, 0.5) is 15.9 Å². The average Bonchev–Trinajstić information content (AvgIpc) is 3.13. The van der Waals surface area contributed by atoms with Crippen LogP contribution in [-0.2, 0) is 4.79 Å². The molecule has 1 aliphatic rings. The number of nitrogens with one attached hydrogen (secondary N) is 1. The van der Waals surface area contributed by atoms with Crippen LogP contribution in [0.25, 0.3) is 20.3 Å². The Morgan fingerprint density at radius 1 is 1.13 bits per heavy atom. The molecule has 158 valence electrons. The molecular weight excluding hydrogens is 411 g/mol. The van der Waals surface area contributed by atoms with Crippen LogP contribution in [0.1, 0.15) is 24.0 Å². The van der Waals surface area contributed by atoms with Gasteiger partial charge < -0.3 is 10.2 Å². The number of aromatic nitrogens is 2.